The van der Waals surface area contributed by atoms with Crippen molar-refractivity contribution in [2.45, 2.75) is 50.5 Å². The third-order valence-corrected chi connectivity index (χ3v) is 6.29. The Morgan fingerprint density at radius 1 is 1.07 bits per heavy atom. The number of hydrogen-bond acceptors (Lipinski definition) is 4. The molecule has 0 saturated carbocycles. The molecule has 2 aromatic rings. The molecule has 0 radical (unpaired) electrons. The minimum atomic E-state index is -2.80. The summed E-state index contributed by atoms with van der Waals surface area (Å²) in [7, 11) is -2.80. The van der Waals surface area contributed by atoms with E-state index in [1.807, 2.05) is 23.9 Å². The van der Waals surface area contributed by atoms with Crippen LogP contribution in [0.15, 0.2) is 47.4 Å². The molecular formula is C22H31FNO3PS. The van der Waals surface area contributed by atoms with Crippen molar-refractivity contribution in [3.63, 3.8) is 0 Å². The van der Waals surface area contributed by atoms with Crippen LogP contribution >= 0.6 is 20.0 Å². The Balaban J connectivity index is 1.58. The number of benzene rings is 2. The SMILES string of the molecule is Cc1cc(CNCCCO[PH](=O)O)ccc1SCCCCCc1ccc(F)cc1. The normalized spacial score (nSPS) is 12.2. The van der Waals surface area contributed by atoms with Crippen LogP contribution in [0.4, 0.5) is 4.39 Å². The Morgan fingerprint density at radius 2 is 1.83 bits per heavy atom. The van der Waals surface area contributed by atoms with E-state index in [1.165, 1.54) is 46.6 Å². The van der Waals surface area contributed by atoms with E-state index in [9.17, 15) is 8.96 Å². The van der Waals surface area contributed by atoms with E-state index in [4.69, 9.17) is 4.89 Å². The maximum absolute atomic E-state index is 12.9. The van der Waals surface area contributed by atoms with Crippen LogP contribution in [0.25, 0.3) is 0 Å². The van der Waals surface area contributed by atoms with E-state index in [1.54, 1.807) is 0 Å². The van der Waals surface area contributed by atoms with Crippen LogP contribution in [0.5, 0.6) is 0 Å². The van der Waals surface area contributed by atoms with Crippen LogP contribution in [0.2, 0.25) is 0 Å². The Morgan fingerprint density at radius 3 is 2.55 bits per heavy atom. The zero-order chi connectivity index (χ0) is 20.9. The van der Waals surface area contributed by atoms with Crippen LogP contribution < -0.4 is 5.32 Å². The molecule has 0 bridgehead atoms. The summed E-state index contributed by atoms with van der Waals surface area (Å²) in [5, 5.41) is 3.33. The minimum absolute atomic E-state index is 0.172. The number of rotatable bonds is 14. The Bertz CT molecular complexity index is 758. The van der Waals surface area contributed by atoms with Crippen molar-refractivity contribution in [2.24, 2.45) is 0 Å². The number of halogens is 1. The van der Waals surface area contributed by atoms with Gasteiger partial charge in [-0.05, 0) is 79.8 Å². The molecule has 2 rings (SSSR count). The number of hydrogen-bond donors (Lipinski definition) is 2. The van der Waals surface area contributed by atoms with E-state index in [0.29, 0.717) is 13.0 Å². The van der Waals surface area contributed by atoms with Gasteiger partial charge in [0.05, 0.1) is 6.61 Å². The first-order valence-corrected chi connectivity index (χ1v) is 12.3. The van der Waals surface area contributed by atoms with Gasteiger partial charge in [0.1, 0.15) is 5.82 Å². The number of thioether (sulfide) groups is 1. The minimum Gasteiger partial charge on any atom is -0.326 e. The molecule has 29 heavy (non-hydrogen) atoms. The fraction of sp³-hybridized carbons (Fsp3) is 0.455. The van der Waals surface area contributed by atoms with Gasteiger partial charge in [0.2, 0.25) is 0 Å². The molecular weight excluding hydrogens is 408 g/mol. The Hall–Kier alpha value is -1.17. The maximum atomic E-state index is 12.9. The summed E-state index contributed by atoms with van der Waals surface area (Å²) in [6.07, 6.45) is 5.22. The second kappa shape index (κ2) is 13.9. The summed E-state index contributed by atoms with van der Waals surface area (Å²) in [5.41, 5.74) is 3.74. The molecule has 0 aliphatic carbocycles. The highest BCUT2D eigenvalue weighted by Crippen LogP contribution is 2.25. The molecule has 0 heterocycles. The fourth-order valence-electron chi connectivity index (χ4n) is 3.01. The molecule has 7 heteroatoms. The summed E-state index contributed by atoms with van der Waals surface area (Å²) in [6.45, 7) is 3.99. The number of aryl methyl sites for hydroxylation is 2. The molecule has 2 aromatic carbocycles. The highest BCUT2D eigenvalue weighted by atomic mass is 32.2. The van der Waals surface area contributed by atoms with Crippen molar-refractivity contribution < 1.29 is 18.4 Å². The van der Waals surface area contributed by atoms with Crippen LogP contribution in [-0.2, 0) is 22.1 Å². The summed E-state index contributed by atoms with van der Waals surface area (Å²) in [4.78, 5) is 9.92. The summed E-state index contributed by atoms with van der Waals surface area (Å²) in [5.74, 6) is 0.935. The van der Waals surface area contributed by atoms with E-state index in [2.05, 4.69) is 35.0 Å². The third kappa shape index (κ3) is 10.4. The summed E-state index contributed by atoms with van der Waals surface area (Å²) < 4.78 is 28.0. The largest absolute Gasteiger partial charge is 0.326 e. The average molecular weight is 440 g/mol. The molecule has 1 unspecified atom stereocenters. The predicted octanol–water partition coefficient (Wildman–Crippen LogP) is 5.52. The topological polar surface area (TPSA) is 58.6 Å². The predicted molar refractivity (Wildman–Crippen MR) is 119 cm³/mol. The van der Waals surface area contributed by atoms with Crippen LogP contribution in [0.3, 0.4) is 0 Å². The number of nitrogens with one attached hydrogen (secondary N) is 1. The molecule has 0 fully saturated rings. The lowest BCUT2D eigenvalue weighted by molar-refractivity contribution is 0.276. The molecule has 1 atom stereocenters. The highest BCUT2D eigenvalue weighted by Gasteiger charge is 2.02. The molecule has 0 aromatic heterocycles. The Kier molecular flexibility index (Phi) is 11.6. The van der Waals surface area contributed by atoms with Gasteiger partial charge in [-0.1, -0.05) is 30.7 Å². The standard InChI is InChI=1S/C22H31FNO3PS/c1-18-16-20(17-24-13-5-14-27-28(25)26)9-12-22(18)29-15-4-2-3-6-19-7-10-21(23)11-8-19/h7-12,16,24,28H,2-6,13-15,17H2,1H3,(H,25,26). The monoisotopic (exact) mass is 439 g/mol. The summed E-state index contributed by atoms with van der Waals surface area (Å²) >= 11 is 1.90. The van der Waals surface area contributed by atoms with Gasteiger partial charge >= 0.3 is 8.25 Å². The first kappa shape index (κ1) is 24.1. The first-order chi connectivity index (χ1) is 14.0. The second-order valence-electron chi connectivity index (χ2n) is 7.03. The third-order valence-electron chi connectivity index (χ3n) is 4.57. The molecule has 0 aliphatic heterocycles. The second-order valence-corrected chi connectivity index (χ2v) is 8.99. The van der Waals surface area contributed by atoms with Gasteiger partial charge in [0.25, 0.3) is 0 Å². The molecule has 2 N–H and O–H groups in total. The summed E-state index contributed by atoms with van der Waals surface area (Å²) in [6, 6.07) is 13.4. The first-order valence-electron chi connectivity index (χ1n) is 10.1. The van der Waals surface area contributed by atoms with Crippen molar-refractivity contribution >= 4 is 20.0 Å². The molecule has 0 aliphatic rings. The lowest BCUT2D eigenvalue weighted by atomic mass is 10.1. The van der Waals surface area contributed by atoms with Gasteiger partial charge in [-0.15, -0.1) is 11.8 Å². The fourth-order valence-corrected chi connectivity index (χ4v) is 4.35. The van der Waals surface area contributed by atoms with Crippen LogP contribution in [0.1, 0.15) is 42.4 Å². The Labute approximate surface area is 178 Å². The van der Waals surface area contributed by atoms with Gasteiger partial charge in [-0.25, -0.2) is 4.39 Å². The zero-order valence-electron chi connectivity index (χ0n) is 17.0. The van der Waals surface area contributed by atoms with Gasteiger partial charge in [0.15, 0.2) is 0 Å². The number of unbranched alkanes of at least 4 members (excludes halogenated alkanes) is 2. The molecule has 0 saturated heterocycles. The van der Waals surface area contributed by atoms with Crippen molar-refractivity contribution in [1.29, 1.82) is 0 Å². The van der Waals surface area contributed by atoms with Crippen molar-refractivity contribution in [3.05, 3.63) is 65.0 Å². The lowest BCUT2D eigenvalue weighted by Gasteiger charge is -2.10. The van der Waals surface area contributed by atoms with E-state index in [0.717, 1.165) is 31.7 Å². The molecule has 4 nitrogen and oxygen atoms in total. The van der Waals surface area contributed by atoms with Crippen molar-refractivity contribution in [3.8, 4) is 0 Å². The zero-order valence-corrected chi connectivity index (χ0v) is 18.8. The average Bonchev–Trinajstić information content (AvgIpc) is 2.69. The maximum Gasteiger partial charge on any atom is 0.316 e. The van der Waals surface area contributed by atoms with E-state index < -0.39 is 8.25 Å². The van der Waals surface area contributed by atoms with Crippen LogP contribution in [0, 0.1) is 12.7 Å². The van der Waals surface area contributed by atoms with Gasteiger partial charge in [-0.2, -0.15) is 0 Å². The highest BCUT2D eigenvalue weighted by molar-refractivity contribution is 7.99. The van der Waals surface area contributed by atoms with Gasteiger partial charge in [0, 0.05) is 11.4 Å². The van der Waals surface area contributed by atoms with Crippen molar-refractivity contribution in [1.82, 2.24) is 5.32 Å². The van der Waals surface area contributed by atoms with Crippen LogP contribution in [-0.4, -0.2) is 23.8 Å². The van der Waals surface area contributed by atoms with Gasteiger partial charge in [-0.3, -0.25) is 4.57 Å². The van der Waals surface area contributed by atoms with Crippen molar-refractivity contribution in [2.75, 3.05) is 18.9 Å². The smallest absolute Gasteiger partial charge is 0.316 e. The van der Waals surface area contributed by atoms with E-state index in [-0.39, 0.29) is 5.82 Å². The molecule has 0 spiro atoms. The molecule has 160 valence electrons. The van der Waals surface area contributed by atoms with Gasteiger partial charge < -0.3 is 14.7 Å². The quantitative estimate of drug-likeness (QED) is 0.231. The lowest BCUT2D eigenvalue weighted by Crippen LogP contribution is -2.16. The molecule has 0 amide bonds. The van der Waals surface area contributed by atoms with E-state index >= 15 is 0 Å².